The van der Waals surface area contributed by atoms with E-state index >= 15 is 0 Å². The number of likely N-dealkylation sites (tertiary alicyclic amines) is 1. The average Bonchev–Trinajstić information content (AvgIpc) is 2.75. The lowest BCUT2D eigenvalue weighted by Crippen LogP contribution is -2.26. The van der Waals surface area contributed by atoms with Crippen LogP contribution in [-0.4, -0.2) is 46.5 Å². The van der Waals surface area contributed by atoms with E-state index in [0.29, 0.717) is 6.54 Å². The summed E-state index contributed by atoms with van der Waals surface area (Å²) in [5.41, 5.74) is 0. The van der Waals surface area contributed by atoms with Crippen molar-refractivity contribution in [1.82, 2.24) is 4.90 Å². The van der Waals surface area contributed by atoms with Gasteiger partial charge in [-0.15, -0.1) is 0 Å². The Hall–Kier alpha value is -0.710. The molecule has 1 atom stereocenters. The molecule has 1 N–H and O–H groups in total. The van der Waals surface area contributed by atoms with Gasteiger partial charge in [-0.2, -0.15) is 0 Å². The van der Waals surface area contributed by atoms with Gasteiger partial charge in [-0.3, -0.25) is 9.79 Å². The van der Waals surface area contributed by atoms with Crippen molar-refractivity contribution in [3.63, 3.8) is 0 Å². The molecule has 2 rings (SSSR count). The molecule has 2 heterocycles. The minimum Gasteiger partial charge on any atom is -0.481 e. The van der Waals surface area contributed by atoms with Crippen LogP contribution in [0, 0.1) is 5.92 Å². The molecule has 0 radical (unpaired) electrons. The Kier molecular flexibility index (Phi) is 2.44. The van der Waals surface area contributed by atoms with Crippen LogP contribution in [0.15, 0.2) is 4.99 Å². The van der Waals surface area contributed by atoms with E-state index in [1.54, 1.807) is 11.8 Å². The Balaban J connectivity index is 1.94. The molecule has 72 valence electrons. The average molecular weight is 200 g/mol. The van der Waals surface area contributed by atoms with Crippen molar-refractivity contribution in [3.8, 4) is 0 Å². The maximum Gasteiger partial charge on any atom is 0.308 e. The SMILES string of the molecule is O=C(O)[C@@H]1CCN(C2=NCCS2)C1. The number of carboxylic acids is 1. The number of carbonyl (C=O) groups is 1. The summed E-state index contributed by atoms with van der Waals surface area (Å²) in [5, 5.41) is 9.85. The minimum absolute atomic E-state index is 0.191. The Morgan fingerprint density at radius 1 is 1.69 bits per heavy atom. The van der Waals surface area contributed by atoms with Crippen molar-refractivity contribution in [1.29, 1.82) is 0 Å². The molecule has 5 heteroatoms. The van der Waals surface area contributed by atoms with Crippen LogP contribution < -0.4 is 0 Å². The van der Waals surface area contributed by atoms with Crippen LogP contribution in [0.25, 0.3) is 0 Å². The van der Waals surface area contributed by atoms with Crippen LogP contribution in [0.4, 0.5) is 0 Å². The number of nitrogens with zero attached hydrogens (tertiary/aromatic N) is 2. The molecule has 4 nitrogen and oxygen atoms in total. The van der Waals surface area contributed by atoms with Gasteiger partial charge >= 0.3 is 5.97 Å². The third-order valence-electron chi connectivity index (χ3n) is 2.38. The lowest BCUT2D eigenvalue weighted by atomic mass is 10.1. The normalized spacial score (nSPS) is 27.8. The lowest BCUT2D eigenvalue weighted by molar-refractivity contribution is -0.141. The zero-order chi connectivity index (χ0) is 9.26. The highest BCUT2D eigenvalue weighted by molar-refractivity contribution is 8.14. The van der Waals surface area contributed by atoms with Crippen LogP contribution >= 0.6 is 11.8 Å². The molecule has 0 aromatic carbocycles. The first-order valence-electron chi connectivity index (χ1n) is 4.42. The van der Waals surface area contributed by atoms with E-state index in [1.165, 1.54) is 0 Å². The molecule has 2 aliphatic rings. The first-order valence-corrected chi connectivity index (χ1v) is 5.41. The summed E-state index contributed by atoms with van der Waals surface area (Å²) in [7, 11) is 0. The number of hydrogen-bond acceptors (Lipinski definition) is 4. The number of rotatable bonds is 1. The molecule has 0 aromatic rings. The second-order valence-corrected chi connectivity index (χ2v) is 4.34. The van der Waals surface area contributed by atoms with Gasteiger partial charge in [-0.25, -0.2) is 0 Å². The quantitative estimate of drug-likeness (QED) is 0.669. The van der Waals surface area contributed by atoms with Crippen molar-refractivity contribution < 1.29 is 9.90 Å². The molecule has 1 saturated heterocycles. The summed E-state index contributed by atoms with van der Waals surface area (Å²) in [5.74, 6) is 0.179. The number of carboxylic acid groups (broad SMARTS) is 1. The summed E-state index contributed by atoms with van der Waals surface area (Å²) in [6, 6.07) is 0. The summed E-state index contributed by atoms with van der Waals surface area (Å²) in [4.78, 5) is 17.1. The van der Waals surface area contributed by atoms with Crippen molar-refractivity contribution in [2.24, 2.45) is 10.9 Å². The third kappa shape index (κ3) is 1.80. The van der Waals surface area contributed by atoms with E-state index in [9.17, 15) is 4.79 Å². The Labute approximate surface area is 81.0 Å². The van der Waals surface area contributed by atoms with E-state index in [2.05, 4.69) is 9.89 Å². The molecule has 0 bridgehead atoms. The molecular weight excluding hydrogens is 188 g/mol. The fourth-order valence-electron chi connectivity index (χ4n) is 1.65. The summed E-state index contributed by atoms with van der Waals surface area (Å²) >= 11 is 1.74. The molecule has 0 aliphatic carbocycles. The van der Waals surface area contributed by atoms with Crippen LogP contribution in [0.1, 0.15) is 6.42 Å². The van der Waals surface area contributed by atoms with Crippen molar-refractivity contribution in [3.05, 3.63) is 0 Å². The Bertz CT molecular complexity index is 255. The molecule has 0 saturated carbocycles. The smallest absolute Gasteiger partial charge is 0.308 e. The largest absolute Gasteiger partial charge is 0.481 e. The van der Waals surface area contributed by atoms with Gasteiger partial charge in [0.2, 0.25) is 0 Å². The van der Waals surface area contributed by atoms with Gasteiger partial charge in [0.25, 0.3) is 0 Å². The van der Waals surface area contributed by atoms with E-state index in [1.807, 2.05) is 0 Å². The highest BCUT2D eigenvalue weighted by atomic mass is 32.2. The van der Waals surface area contributed by atoms with E-state index in [4.69, 9.17) is 5.11 Å². The van der Waals surface area contributed by atoms with E-state index in [-0.39, 0.29) is 5.92 Å². The van der Waals surface area contributed by atoms with E-state index in [0.717, 1.165) is 30.4 Å². The highest BCUT2D eigenvalue weighted by Crippen LogP contribution is 2.23. The number of hydrogen-bond donors (Lipinski definition) is 1. The number of amidine groups is 1. The zero-order valence-corrected chi connectivity index (χ0v) is 8.09. The summed E-state index contributed by atoms with van der Waals surface area (Å²) < 4.78 is 0. The second-order valence-electron chi connectivity index (χ2n) is 3.28. The molecule has 13 heavy (non-hydrogen) atoms. The lowest BCUT2D eigenvalue weighted by Gasteiger charge is -2.15. The van der Waals surface area contributed by atoms with Crippen LogP contribution in [0.3, 0.4) is 0 Å². The highest BCUT2D eigenvalue weighted by Gasteiger charge is 2.30. The predicted molar refractivity (Wildman–Crippen MR) is 52.1 cm³/mol. The molecule has 0 unspecified atom stereocenters. The molecular formula is C8H12N2O2S. The molecule has 2 aliphatic heterocycles. The molecule has 0 aromatic heterocycles. The summed E-state index contributed by atoms with van der Waals surface area (Å²) in [6.45, 7) is 2.37. The molecule has 0 amide bonds. The van der Waals surface area contributed by atoms with Crippen molar-refractivity contribution >= 4 is 22.9 Å². The maximum atomic E-state index is 10.7. The van der Waals surface area contributed by atoms with Crippen molar-refractivity contribution in [2.75, 3.05) is 25.4 Å². The van der Waals surface area contributed by atoms with E-state index < -0.39 is 5.97 Å². The molecule has 1 fully saturated rings. The van der Waals surface area contributed by atoms with Crippen LogP contribution in [0.2, 0.25) is 0 Å². The first kappa shape index (κ1) is 8.87. The van der Waals surface area contributed by atoms with Gasteiger partial charge in [-0.1, -0.05) is 11.8 Å². The fraction of sp³-hybridized carbons (Fsp3) is 0.750. The zero-order valence-electron chi connectivity index (χ0n) is 7.27. The Morgan fingerprint density at radius 2 is 2.54 bits per heavy atom. The van der Waals surface area contributed by atoms with Crippen LogP contribution in [0.5, 0.6) is 0 Å². The van der Waals surface area contributed by atoms with Gasteiger partial charge in [0.05, 0.1) is 12.5 Å². The van der Waals surface area contributed by atoms with Gasteiger partial charge in [0.15, 0.2) is 5.17 Å². The van der Waals surface area contributed by atoms with Crippen LogP contribution in [-0.2, 0) is 4.79 Å². The van der Waals surface area contributed by atoms with Gasteiger partial charge in [0, 0.05) is 18.8 Å². The number of thioether (sulfide) groups is 1. The Morgan fingerprint density at radius 3 is 3.08 bits per heavy atom. The number of aliphatic carboxylic acids is 1. The first-order chi connectivity index (χ1) is 6.27. The minimum atomic E-state index is -0.675. The van der Waals surface area contributed by atoms with Crippen molar-refractivity contribution in [2.45, 2.75) is 6.42 Å². The molecule has 0 spiro atoms. The maximum absolute atomic E-state index is 10.7. The predicted octanol–water partition coefficient (Wildman–Crippen LogP) is 0.496. The second kappa shape index (κ2) is 3.57. The monoisotopic (exact) mass is 200 g/mol. The standard InChI is InChI=1S/C8H12N2O2S/c11-7(12)6-1-3-10(5-6)8-9-2-4-13-8/h6H,1-5H2,(H,11,12)/t6-/m1/s1. The van der Waals surface area contributed by atoms with Gasteiger partial charge in [-0.05, 0) is 6.42 Å². The third-order valence-corrected chi connectivity index (χ3v) is 3.41. The number of aliphatic imine (C=N–C) groups is 1. The summed E-state index contributed by atoms with van der Waals surface area (Å²) in [6.07, 6.45) is 0.759. The topological polar surface area (TPSA) is 52.9 Å². The fourth-order valence-corrected chi connectivity index (χ4v) is 2.55. The van der Waals surface area contributed by atoms with Gasteiger partial charge < -0.3 is 10.0 Å². The van der Waals surface area contributed by atoms with Gasteiger partial charge in [0.1, 0.15) is 0 Å².